The molecule has 1 heterocycles. The number of fused-ring (bicyclic) bond motifs is 2. The number of carbonyl (C=O) groups excluding carboxylic acids is 2. The predicted molar refractivity (Wildman–Crippen MR) is 121 cm³/mol. The smallest absolute Gasteiger partial charge is 0.339 e. The van der Waals surface area contributed by atoms with Crippen molar-refractivity contribution in [3.63, 3.8) is 0 Å². The summed E-state index contributed by atoms with van der Waals surface area (Å²) in [6.45, 7) is 5.99. The van der Waals surface area contributed by atoms with E-state index in [-0.39, 0.29) is 18.2 Å². The molecule has 0 radical (unpaired) electrons. The number of nitrogens with one attached hydrogen (secondary N) is 1. The van der Waals surface area contributed by atoms with E-state index in [9.17, 15) is 18.0 Å². The van der Waals surface area contributed by atoms with Crippen LogP contribution < -0.4 is 5.32 Å². The van der Waals surface area contributed by atoms with E-state index in [1.807, 2.05) is 0 Å². The fourth-order valence-corrected chi connectivity index (χ4v) is 5.88. The van der Waals surface area contributed by atoms with Gasteiger partial charge >= 0.3 is 10.3 Å². The molecule has 0 unspecified atom stereocenters. The highest BCUT2D eigenvalue weighted by molar-refractivity contribution is 7.84. The molecule has 0 spiro atoms. The van der Waals surface area contributed by atoms with Crippen LogP contribution in [0, 0.1) is 24.2 Å². The largest absolute Gasteiger partial charge is 0.356 e. The van der Waals surface area contributed by atoms with Gasteiger partial charge in [0, 0.05) is 37.9 Å². The molecule has 1 amide bonds. The summed E-state index contributed by atoms with van der Waals surface area (Å²) in [6, 6.07) is -0.567. The van der Waals surface area contributed by atoms with Crippen molar-refractivity contribution in [2.24, 2.45) is 11.8 Å². The maximum absolute atomic E-state index is 13.1. The third-order valence-electron chi connectivity index (χ3n) is 5.70. The number of terminal acetylenes is 1. The third-order valence-corrected chi connectivity index (χ3v) is 7.88. The quantitative estimate of drug-likeness (QED) is 0.221. The van der Waals surface area contributed by atoms with Gasteiger partial charge in [-0.05, 0) is 25.2 Å². The Kier molecular flexibility index (Phi) is 9.26. The summed E-state index contributed by atoms with van der Waals surface area (Å²) in [5, 5.41) is 2.63. The van der Waals surface area contributed by atoms with E-state index in [0.717, 1.165) is 10.7 Å². The maximum Gasteiger partial charge on any atom is 0.339 e. The summed E-state index contributed by atoms with van der Waals surface area (Å²) in [5.41, 5.74) is 0.638. The summed E-state index contributed by atoms with van der Waals surface area (Å²) in [7, 11) is -4.42. The second kappa shape index (κ2) is 10.9. The highest BCUT2D eigenvalue weighted by Crippen LogP contribution is 2.41. The lowest BCUT2D eigenvalue weighted by molar-refractivity contribution is -0.128. The zero-order valence-corrected chi connectivity index (χ0v) is 20.4. The first-order valence-electron chi connectivity index (χ1n) is 10.0. The Morgan fingerprint density at radius 1 is 1.42 bits per heavy atom. The van der Waals surface area contributed by atoms with Crippen LogP contribution in [0.3, 0.4) is 0 Å². The number of ketones is 1. The summed E-state index contributed by atoms with van der Waals surface area (Å²) in [4.78, 5) is 24.5. The summed E-state index contributed by atoms with van der Waals surface area (Å²) in [6.07, 6.45) is 6.00. The third kappa shape index (κ3) is 7.08. The Morgan fingerprint density at radius 2 is 2.10 bits per heavy atom. The molecule has 7 nitrogen and oxygen atoms in total. The van der Waals surface area contributed by atoms with Crippen molar-refractivity contribution < 1.29 is 22.2 Å². The van der Waals surface area contributed by atoms with Crippen LogP contribution in [0.25, 0.3) is 0 Å². The number of carbonyl (C=O) groups is 2. The first-order valence-corrected chi connectivity index (χ1v) is 12.5. The molecule has 1 aliphatic carbocycles. The monoisotopic (exact) mass is 512 g/mol. The zero-order valence-electron chi connectivity index (χ0n) is 17.3. The molecule has 0 aromatic carbocycles. The van der Waals surface area contributed by atoms with Crippen LogP contribution in [-0.2, 0) is 24.1 Å². The minimum absolute atomic E-state index is 0.0171. The predicted octanol–water partition coefficient (Wildman–Crippen LogP) is 3.15. The highest BCUT2D eigenvalue weighted by Gasteiger charge is 2.49. The van der Waals surface area contributed by atoms with Gasteiger partial charge in [-0.15, -0.1) is 12.3 Å². The molecule has 2 fully saturated rings. The van der Waals surface area contributed by atoms with Crippen molar-refractivity contribution in [1.82, 2.24) is 9.62 Å². The minimum Gasteiger partial charge on any atom is -0.356 e. The van der Waals surface area contributed by atoms with E-state index in [2.05, 4.69) is 17.8 Å². The molecule has 1 saturated heterocycles. The number of Topliss-reactive ketones (excluding diaryl/α,β-unsaturated/α-hetero) is 1. The molecule has 1 aliphatic heterocycles. The first-order chi connectivity index (χ1) is 14.4. The lowest BCUT2D eigenvalue weighted by Gasteiger charge is -2.45. The van der Waals surface area contributed by atoms with Crippen LogP contribution in [0.5, 0.6) is 0 Å². The second-order valence-corrected chi connectivity index (χ2v) is 11.8. The van der Waals surface area contributed by atoms with Gasteiger partial charge in [0.2, 0.25) is 9.70 Å². The Labute approximate surface area is 199 Å². The van der Waals surface area contributed by atoms with Gasteiger partial charge in [0.05, 0.1) is 6.42 Å². The van der Waals surface area contributed by atoms with Crippen molar-refractivity contribution in [3.05, 3.63) is 12.2 Å². The lowest BCUT2D eigenvalue weighted by atomic mass is 9.73. The Balaban J connectivity index is 2.09. The number of halogens is 3. The molecule has 0 aromatic heterocycles. The molecule has 1 N–H and O–H groups in total. The Morgan fingerprint density at radius 3 is 2.71 bits per heavy atom. The van der Waals surface area contributed by atoms with Crippen molar-refractivity contribution in [1.29, 1.82) is 0 Å². The van der Waals surface area contributed by atoms with Crippen LogP contribution in [0.4, 0.5) is 0 Å². The van der Waals surface area contributed by atoms with Crippen LogP contribution in [0.15, 0.2) is 12.2 Å². The molecule has 2 rings (SSSR count). The number of piperidine rings is 1. The summed E-state index contributed by atoms with van der Waals surface area (Å²) < 4.78 is 30.3. The van der Waals surface area contributed by atoms with E-state index in [1.165, 1.54) is 0 Å². The average molecular weight is 514 g/mol. The SMILES string of the molecule is C#CCCCCNC(=O)C[C@@H](OS(=O)(=O)N1CC(=C)[C@H]2CC(=O)[C@@H](C)[C@@H]1C2)C(Cl)(Cl)Cl. The number of unbranched alkanes of at least 4 members (excludes halogenated alkanes) is 2. The van der Waals surface area contributed by atoms with Crippen molar-refractivity contribution in [3.8, 4) is 12.3 Å². The van der Waals surface area contributed by atoms with Gasteiger partial charge in [0.15, 0.2) is 0 Å². The molecule has 0 aromatic rings. The van der Waals surface area contributed by atoms with Crippen molar-refractivity contribution in [2.75, 3.05) is 13.1 Å². The van der Waals surface area contributed by atoms with Gasteiger partial charge < -0.3 is 5.32 Å². The van der Waals surface area contributed by atoms with Crippen LogP contribution >= 0.6 is 34.8 Å². The van der Waals surface area contributed by atoms with Crippen LogP contribution in [-0.4, -0.2) is 53.4 Å². The molecule has 11 heteroatoms. The number of alkyl halides is 3. The van der Waals surface area contributed by atoms with Crippen molar-refractivity contribution >= 4 is 56.8 Å². The molecule has 174 valence electrons. The van der Waals surface area contributed by atoms with Gasteiger partial charge in [-0.3, -0.25) is 9.59 Å². The second-order valence-electron chi connectivity index (χ2n) is 7.96. The standard InChI is InChI=1S/C20H27Cl3N2O5S/c1-4-5-6-7-8-24-19(27)11-18(20(21,22)23)30-31(28,29)25-12-13(2)15-9-16(25)14(3)17(26)10-15/h1,14-16,18H,2,5-12H2,3H3,(H,24,27)/t14-,15+,16-,18+/m0/s1. The number of rotatable bonds is 9. The van der Waals surface area contributed by atoms with E-state index in [4.69, 9.17) is 45.4 Å². The molecular weight excluding hydrogens is 487 g/mol. The number of hydrogen-bond donors (Lipinski definition) is 1. The highest BCUT2D eigenvalue weighted by atomic mass is 35.6. The van der Waals surface area contributed by atoms with Crippen LogP contribution in [0.2, 0.25) is 0 Å². The Hall–Kier alpha value is -0.820. The van der Waals surface area contributed by atoms with Gasteiger partial charge in [-0.2, -0.15) is 12.7 Å². The topological polar surface area (TPSA) is 92.8 Å². The van der Waals surface area contributed by atoms with Crippen molar-refractivity contribution in [2.45, 2.75) is 61.4 Å². The average Bonchev–Trinajstić information content (AvgIpc) is 2.66. The zero-order chi connectivity index (χ0) is 23.4. The minimum atomic E-state index is -4.42. The molecule has 31 heavy (non-hydrogen) atoms. The van der Waals surface area contributed by atoms with Gasteiger partial charge in [-0.1, -0.05) is 53.9 Å². The molecular formula is C20H27Cl3N2O5S. The molecule has 4 atom stereocenters. The van der Waals surface area contributed by atoms with Gasteiger partial charge in [0.25, 0.3) is 0 Å². The number of nitrogens with zero attached hydrogens (tertiary/aromatic N) is 1. The normalized spacial score (nSPS) is 25.7. The fraction of sp³-hybridized carbons (Fsp3) is 0.700. The summed E-state index contributed by atoms with van der Waals surface area (Å²) >= 11 is 17.8. The Bertz CT molecular complexity index is 850. The van der Waals surface area contributed by atoms with E-state index in [0.29, 0.717) is 37.8 Å². The number of amides is 1. The first kappa shape index (κ1) is 26.4. The molecule has 1 saturated carbocycles. The van der Waals surface area contributed by atoms with E-state index >= 15 is 0 Å². The fourth-order valence-electron chi connectivity index (χ4n) is 3.82. The maximum atomic E-state index is 13.1. The van der Waals surface area contributed by atoms with Gasteiger partial charge in [-0.25, -0.2) is 4.18 Å². The van der Waals surface area contributed by atoms with Gasteiger partial charge in [0.1, 0.15) is 11.9 Å². The van der Waals surface area contributed by atoms with E-state index < -0.39 is 44.5 Å². The molecule has 2 bridgehead atoms. The van der Waals surface area contributed by atoms with E-state index in [1.54, 1.807) is 6.92 Å². The lowest BCUT2D eigenvalue weighted by Crippen LogP contribution is -2.56. The summed E-state index contributed by atoms with van der Waals surface area (Å²) in [5.74, 6) is 1.43. The number of hydrogen-bond acceptors (Lipinski definition) is 5. The molecule has 2 aliphatic rings. The van der Waals surface area contributed by atoms with Crippen LogP contribution in [0.1, 0.15) is 45.4 Å².